The molecule has 6 heteroatoms. The van der Waals surface area contributed by atoms with Gasteiger partial charge in [-0.05, 0) is 43.7 Å². The van der Waals surface area contributed by atoms with Crippen LogP contribution in [-0.2, 0) is 27.1 Å². The Morgan fingerprint density at radius 2 is 2.12 bits per heavy atom. The van der Waals surface area contributed by atoms with Crippen molar-refractivity contribution in [2.75, 3.05) is 19.8 Å². The first kappa shape index (κ1) is 17.0. The molecule has 0 saturated carbocycles. The van der Waals surface area contributed by atoms with Crippen LogP contribution in [-0.4, -0.2) is 42.7 Å². The van der Waals surface area contributed by atoms with Crippen LogP contribution in [0.15, 0.2) is 24.3 Å². The molecule has 2 heterocycles. The second-order valence-electron chi connectivity index (χ2n) is 6.80. The van der Waals surface area contributed by atoms with Gasteiger partial charge in [-0.25, -0.2) is 4.79 Å². The van der Waals surface area contributed by atoms with Gasteiger partial charge in [0.25, 0.3) is 5.91 Å². The van der Waals surface area contributed by atoms with E-state index in [4.69, 9.17) is 9.47 Å². The van der Waals surface area contributed by atoms with E-state index in [0.29, 0.717) is 12.1 Å². The number of aromatic nitrogens is 1. The molecule has 4 rings (SSSR count). The fourth-order valence-corrected chi connectivity index (χ4v) is 3.73. The van der Waals surface area contributed by atoms with Crippen LogP contribution in [0.2, 0.25) is 0 Å². The quantitative estimate of drug-likeness (QED) is 0.833. The molecule has 2 aromatic rings. The number of benzene rings is 1. The maximum absolute atomic E-state index is 12.7. The summed E-state index contributed by atoms with van der Waals surface area (Å²) < 4.78 is 10.8. The summed E-state index contributed by atoms with van der Waals surface area (Å²) in [7, 11) is 0. The highest BCUT2D eigenvalue weighted by molar-refractivity contribution is 6.05. The molecular formula is C20H22N2O4. The molecule has 1 aromatic heterocycles. The molecule has 1 atom stereocenters. The fourth-order valence-electron chi connectivity index (χ4n) is 3.73. The third-order valence-corrected chi connectivity index (χ3v) is 5.01. The van der Waals surface area contributed by atoms with Gasteiger partial charge in [0.15, 0.2) is 6.61 Å². The highest BCUT2D eigenvalue weighted by Gasteiger charge is 2.25. The second kappa shape index (κ2) is 7.41. The molecule has 1 aliphatic heterocycles. The van der Waals surface area contributed by atoms with Crippen molar-refractivity contribution >= 4 is 22.8 Å². The van der Waals surface area contributed by atoms with Gasteiger partial charge < -0.3 is 14.8 Å². The number of rotatable bonds is 5. The van der Waals surface area contributed by atoms with Crippen molar-refractivity contribution in [3.8, 4) is 0 Å². The Labute approximate surface area is 151 Å². The highest BCUT2D eigenvalue weighted by atomic mass is 16.5. The summed E-state index contributed by atoms with van der Waals surface area (Å²) in [6.45, 7) is 0.927. The third kappa shape index (κ3) is 3.42. The number of hydrogen-bond acceptors (Lipinski definition) is 5. The number of esters is 1. The summed E-state index contributed by atoms with van der Waals surface area (Å²) in [5.74, 6) is -0.752. The molecule has 6 nitrogen and oxygen atoms in total. The van der Waals surface area contributed by atoms with Gasteiger partial charge in [-0.3, -0.25) is 9.78 Å². The van der Waals surface area contributed by atoms with Crippen LogP contribution in [0.25, 0.3) is 10.9 Å². The first-order chi connectivity index (χ1) is 12.7. The fraction of sp³-hybridized carbons (Fsp3) is 0.450. The summed E-state index contributed by atoms with van der Waals surface area (Å²) in [6, 6.07) is 7.58. The lowest BCUT2D eigenvalue weighted by Gasteiger charge is -2.13. The zero-order chi connectivity index (χ0) is 17.9. The lowest BCUT2D eigenvalue weighted by Crippen LogP contribution is -2.34. The summed E-state index contributed by atoms with van der Waals surface area (Å²) in [5.41, 5.74) is 3.30. The van der Waals surface area contributed by atoms with Crippen LogP contribution in [0.4, 0.5) is 0 Å². The van der Waals surface area contributed by atoms with Crippen molar-refractivity contribution in [3.05, 3.63) is 41.1 Å². The first-order valence-corrected chi connectivity index (χ1v) is 9.18. The van der Waals surface area contributed by atoms with E-state index in [0.717, 1.165) is 60.9 Å². The standard InChI is InChI=1S/C20H22N2O4/c23-18(21-11-13-5-4-10-25-13)12-26-20(24)19-14-6-1-2-8-16(14)22-17-9-3-7-15(17)19/h1-2,6,8,13H,3-5,7,9-12H2,(H,21,23)/t13-/m1/s1. The van der Waals surface area contributed by atoms with E-state index in [2.05, 4.69) is 10.3 Å². The maximum Gasteiger partial charge on any atom is 0.339 e. The van der Waals surface area contributed by atoms with Gasteiger partial charge in [0, 0.05) is 24.2 Å². The van der Waals surface area contributed by atoms with Crippen molar-refractivity contribution in [3.63, 3.8) is 0 Å². The summed E-state index contributed by atoms with van der Waals surface area (Å²) >= 11 is 0. The average Bonchev–Trinajstić information content (AvgIpc) is 3.33. The molecule has 1 saturated heterocycles. The lowest BCUT2D eigenvalue weighted by atomic mass is 10.0. The molecule has 1 aromatic carbocycles. The Hall–Kier alpha value is -2.47. The van der Waals surface area contributed by atoms with Gasteiger partial charge in [-0.15, -0.1) is 0 Å². The Balaban J connectivity index is 1.45. The van der Waals surface area contributed by atoms with Gasteiger partial charge in [0.05, 0.1) is 17.2 Å². The van der Waals surface area contributed by atoms with Crippen molar-refractivity contribution in [1.82, 2.24) is 10.3 Å². The van der Waals surface area contributed by atoms with Crippen LogP contribution in [0.5, 0.6) is 0 Å². The Bertz CT molecular complexity index is 843. The summed E-state index contributed by atoms with van der Waals surface area (Å²) in [5, 5.41) is 3.56. The van der Waals surface area contributed by atoms with Crippen molar-refractivity contribution in [2.24, 2.45) is 0 Å². The number of fused-ring (bicyclic) bond motifs is 2. The highest BCUT2D eigenvalue weighted by Crippen LogP contribution is 2.30. The number of nitrogens with zero attached hydrogens (tertiary/aromatic N) is 1. The molecule has 1 fully saturated rings. The third-order valence-electron chi connectivity index (χ3n) is 5.01. The number of para-hydroxylation sites is 1. The van der Waals surface area contributed by atoms with Gasteiger partial charge in [0.2, 0.25) is 0 Å². The minimum atomic E-state index is -0.450. The predicted octanol–water partition coefficient (Wildman–Crippen LogP) is 2.18. The van der Waals surface area contributed by atoms with E-state index >= 15 is 0 Å². The summed E-state index contributed by atoms with van der Waals surface area (Å²) in [6.07, 6.45) is 4.73. The SMILES string of the molecule is O=C(COC(=O)c1c2c(nc3ccccc13)CCC2)NC[C@H]1CCCO1. The maximum atomic E-state index is 12.7. The van der Waals surface area contributed by atoms with Crippen LogP contribution in [0.3, 0.4) is 0 Å². The van der Waals surface area contributed by atoms with E-state index in [1.165, 1.54) is 0 Å². The topological polar surface area (TPSA) is 77.5 Å². The van der Waals surface area contributed by atoms with E-state index in [9.17, 15) is 9.59 Å². The van der Waals surface area contributed by atoms with Crippen LogP contribution < -0.4 is 5.32 Å². The van der Waals surface area contributed by atoms with E-state index in [1.54, 1.807) is 0 Å². The molecule has 0 spiro atoms. The van der Waals surface area contributed by atoms with Crippen molar-refractivity contribution in [2.45, 2.75) is 38.2 Å². The number of carbonyl (C=O) groups is 2. The molecule has 0 unspecified atom stereocenters. The normalized spacial score (nSPS) is 18.7. The number of carbonyl (C=O) groups excluding carboxylic acids is 2. The minimum absolute atomic E-state index is 0.0714. The van der Waals surface area contributed by atoms with Gasteiger partial charge in [-0.2, -0.15) is 0 Å². The Kier molecular flexibility index (Phi) is 4.84. The molecule has 26 heavy (non-hydrogen) atoms. The van der Waals surface area contributed by atoms with Gasteiger partial charge in [0.1, 0.15) is 0 Å². The number of ether oxygens (including phenoxy) is 2. The minimum Gasteiger partial charge on any atom is -0.452 e. The monoisotopic (exact) mass is 354 g/mol. The van der Waals surface area contributed by atoms with Gasteiger partial charge >= 0.3 is 5.97 Å². The Morgan fingerprint density at radius 1 is 1.23 bits per heavy atom. The van der Waals surface area contributed by atoms with Crippen molar-refractivity contribution in [1.29, 1.82) is 0 Å². The van der Waals surface area contributed by atoms with E-state index in [-0.39, 0.29) is 18.6 Å². The molecule has 136 valence electrons. The molecule has 1 N–H and O–H groups in total. The van der Waals surface area contributed by atoms with Gasteiger partial charge in [-0.1, -0.05) is 18.2 Å². The molecule has 2 aliphatic rings. The number of pyridine rings is 1. The number of aryl methyl sites for hydroxylation is 1. The molecule has 0 radical (unpaired) electrons. The first-order valence-electron chi connectivity index (χ1n) is 9.18. The largest absolute Gasteiger partial charge is 0.452 e. The predicted molar refractivity (Wildman–Crippen MR) is 96.0 cm³/mol. The number of nitrogens with one attached hydrogen (secondary N) is 1. The van der Waals surface area contributed by atoms with E-state index in [1.807, 2.05) is 24.3 Å². The zero-order valence-corrected chi connectivity index (χ0v) is 14.6. The summed E-state index contributed by atoms with van der Waals surface area (Å²) in [4.78, 5) is 29.4. The lowest BCUT2D eigenvalue weighted by molar-refractivity contribution is -0.124. The molecular weight excluding hydrogens is 332 g/mol. The number of amides is 1. The smallest absolute Gasteiger partial charge is 0.339 e. The second-order valence-corrected chi connectivity index (χ2v) is 6.80. The van der Waals surface area contributed by atoms with Crippen molar-refractivity contribution < 1.29 is 19.1 Å². The van der Waals surface area contributed by atoms with Crippen LogP contribution in [0.1, 0.15) is 40.9 Å². The van der Waals surface area contributed by atoms with Crippen LogP contribution >= 0.6 is 0 Å². The number of hydrogen-bond donors (Lipinski definition) is 1. The van der Waals surface area contributed by atoms with E-state index < -0.39 is 5.97 Å². The Morgan fingerprint density at radius 3 is 2.96 bits per heavy atom. The van der Waals surface area contributed by atoms with Crippen LogP contribution in [0, 0.1) is 0 Å². The average molecular weight is 354 g/mol. The molecule has 1 aliphatic carbocycles. The molecule has 0 bridgehead atoms. The zero-order valence-electron chi connectivity index (χ0n) is 14.6. The molecule has 1 amide bonds.